The van der Waals surface area contributed by atoms with Gasteiger partial charge in [-0.15, -0.1) is 0 Å². The first-order chi connectivity index (χ1) is 15.4. The SMILES string of the molecule is FC(F)(F)c1cc(/C=N/CC/N=C/c2cc(C(F)(F)F)cc(C(F)(F)F)c2)cc(C(F)(F)F)c1. The molecular weight excluding hydrogens is 496 g/mol. The second-order valence-electron chi connectivity index (χ2n) is 6.75. The van der Waals surface area contributed by atoms with E-state index in [1.807, 2.05) is 0 Å². The molecule has 186 valence electrons. The Balaban J connectivity index is 2.16. The third-order valence-electron chi connectivity index (χ3n) is 4.06. The van der Waals surface area contributed by atoms with Gasteiger partial charge in [-0.3, -0.25) is 9.98 Å². The summed E-state index contributed by atoms with van der Waals surface area (Å²) in [5.74, 6) is 0. The Hall–Kier alpha value is -3.06. The van der Waals surface area contributed by atoms with E-state index < -0.39 is 58.1 Å². The summed E-state index contributed by atoms with van der Waals surface area (Å²) in [4.78, 5) is 7.20. The number of rotatable bonds is 5. The molecule has 0 aromatic heterocycles. The van der Waals surface area contributed by atoms with Crippen LogP contribution in [0.2, 0.25) is 0 Å². The van der Waals surface area contributed by atoms with Crippen LogP contribution in [0.3, 0.4) is 0 Å². The molecule has 2 nitrogen and oxygen atoms in total. The number of hydrogen-bond donors (Lipinski definition) is 0. The van der Waals surface area contributed by atoms with E-state index in [9.17, 15) is 52.7 Å². The minimum absolute atomic E-state index is 0.0636. The van der Waals surface area contributed by atoms with Gasteiger partial charge in [0.05, 0.1) is 35.3 Å². The minimum Gasteiger partial charge on any atom is -0.291 e. The normalized spacial score (nSPS) is 13.9. The lowest BCUT2D eigenvalue weighted by Gasteiger charge is -2.12. The Labute approximate surface area is 183 Å². The zero-order valence-electron chi connectivity index (χ0n) is 16.5. The summed E-state index contributed by atoms with van der Waals surface area (Å²) in [6.07, 6.45) is -18.8. The van der Waals surface area contributed by atoms with E-state index in [1.54, 1.807) is 0 Å². The first-order valence-electron chi connectivity index (χ1n) is 8.96. The van der Waals surface area contributed by atoms with Crippen LogP contribution < -0.4 is 0 Å². The number of alkyl halides is 12. The van der Waals surface area contributed by atoms with Crippen molar-refractivity contribution in [1.82, 2.24) is 0 Å². The maximum Gasteiger partial charge on any atom is 0.416 e. The molecule has 0 aliphatic rings. The number of benzene rings is 2. The largest absolute Gasteiger partial charge is 0.416 e. The van der Waals surface area contributed by atoms with Crippen molar-refractivity contribution >= 4 is 12.4 Å². The number of nitrogens with zero attached hydrogens (tertiary/aromatic N) is 2. The van der Waals surface area contributed by atoms with Crippen LogP contribution in [0.5, 0.6) is 0 Å². The lowest BCUT2D eigenvalue weighted by molar-refractivity contribution is -0.144. The molecule has 0 aliphatic carbocycles. The van der Waals surface area contributed by atoms with Crippen molar-refractivity contribution in [2.24, 2.45) is 9.98 Å². The van der Waals surface area contributed by atoms with Crippen molar-refractivity contribution in [2.45, 2.75) is 24.7 Å². The van der Waals surface area contributed by atoms with Gasteiger partial charge in [-0.2, -0.15) is 52.7 Å². The van der Waals surface area contributed by atoms with Crippen LogP contribution in [0.15, 0.2) is 46.4 Å². The molecule has 0 unspecified atom stereocenters. The van der Waals surface area contributed by atoms with E-state index in [1.165, 1.54) is 0 Å². The summed E-state index contributed by atoms with van der Waals surface area (Å²) in [5.41, 5.74) is -7.23. The van der Waals surface area contributed by atoms with Crippen molar-refractivity contribution in [3.8, 4) is 0 Å². The van der Waals surface area contributed by atoms with E-state index in [0.29, 0.717) is 36.7 Å². The molecule has 0 N–H and O–H groups in total. The fraction of sp³-hybridized carbons (Fsp3) is 0.300. The molecule has 14 heteroatoms. The standard InChI is InChI=1S/C20H12F12N2/c21-17(22,23)13-3-11(4-14(7-13)18(24,25)26)9-33-1-2-34-10-12-5-15(19(27,28)29)8-16(6-12)20(30,31)32/h3-10H,1-2H2/b33-9+,34-10+. The predicted molar refractivity (Wildman–Crippen MR) is 97.8 cm³/mol. The number of hydrogen-bond acceptors (Lipinski definition) is 2. The second kappa shape index (κ2) is 9.66. The first-order valence-corrected chi connectivity index (χ1v) is 8.96. The summed E-state index contributed by atoms with van der Waals surface area (Å²) >= 11 is 0. The lowest BCUT2D eigenvalue weighted by Crippen LogP contribution is -2.12. The molecule has 0 spiro atoms. The lowest BCUT2D eigenvalue weighted by atomic mass is 10.1. The van der Waals surface area contributed by atoms with Crippen LogP contribution in [0.4, 0.5) is 52.7 Å². The van der Waals surface area contributed by atoms with Gasteiger partial charge in [-0.25, -0.2) is 0 Å². The van der Waals surface area contributed by atoms with Gasteiger partial charge in [0, 0.05) is 12.4 Å². The third-order valence-corrected chi connectivity index (χ3v) is 4.06. The maximum atomic E-state index is 12.8. The van der Waals surface area contributed by atoms with Gasteiger partial charge in [0.15, 0.2) is 0 Å². The van der Waals surface area contributed by atoms with Crippen molar-refractivity contribution in [3.05, 3.63) is 69.8 Å². The molecule has 0 amide bonds. The zero-order valence-corrected chi connectivity index (χ0v) is 16.5. The van der Waals surface area contributed by atoms with Gasteiger partial charge in [0.1, 0.15) is 0 Å². The molecule has 0 saturated carbocycles. The van der Waals surface area contributed by atoms with E-state index >= 15 is 0 Å². The van der Waals surface area contributed by atoms with Crippen molar-refractivity contribution in [3.63, 3.8) is 0 Å². The molecule has 2 aromatic rings. The monoisotopic (exact) mass is 508 g/mol. The Morgan fingerprint density at radius 2 is 0.676 bits per heavy atom. The smallest absolute Gasteiger partial charge is 0.291 e. The van der Waals surface area contributed by atoms with Gasteiger partial charge in [-0.1, -0.05) is 0 Å². The van der Waals surface area contributed by atoms with Crippen molar-refractivity contribution < 1.29 is 52.7 Å². The van der Waals surface area contributed by atoms with E-state index in [4.69, 9.17) is 0 Å². The molecule has 0 fully saturated rings. The molecule has 34 heavy (non-hydrogen) atoms. The van der Waals surface area contributed by atoms with E-state index in [-0.39, 0.29) is 25.2 Å². The summed E-state index contributed by atoms with van der Waals surface area (Å²) < 4.78 is 154. The molecule has 0 bridgehead atoms. The second-order valence-corrected chi connectivity index (χ2v) is 6.75. The van der Waals surface area contributed by atoms with Crippen molar-refractivity contribution in [1.29, 1.82) is 0 Å². The van der Waals surface area contributed by atoms with Gasteiger partial charge in [0.2, 0.25) is 0 Å². The topological polar surface area (TPSA) is 24.7 Å². The van der Waals surface area contributed by atoms with Gasteiger partial charge >= 0.3 is 24.7 Å². The highest BCUT2D eigenvalue weighted by Crippen LogP contribution is 2.37. The Kier molecular flexibility index (Phi) is 7.73. The van der Waals surface area contributed by atoms with Crippen LogP contribution in [-0.2, 0) is 24.7 Å². The van der Waals surface area contributed by atoms with Crippen LogP contribution in [0.1, 0.15) is 33.4 Å². The Bertz CT molecular complexity index is 907. The Morgan fingerprint density at radius 1 is 0.441 bits per heavy atom. The van der Waals surface area contributed by atoms with Gasteiger partial charge in [0.25, 0.3) is 0 Å². The van der Waals surface area contributed by atoms with Crippen LogP contribution >= 0.6 is 0 Å². The summed E-state index contributed by atoms with van der Waals surface area (Å²) in [5, 5.41) is 0. The molecule has 2 rings (SSSR count). The predicted octanol–water partition coefficient (Wildman–Crippen LogP) is 7.30. The summed E-state index contributed by atoms with van der Waals surface area (Å²) in [7, 11) is 0. The maximum absolute atomic E-state index is 12.8. The minimum atomic E-state index is -5.05. The highest BCUT2D eigenvalue weighted by Gasteiger charge is 2.37. The molecule has 0 atom stereocenters. The van der Waals surface area contributed by atoms with Gasteiger partial charge < -0.3 is 0 Å². The van der Waals surface area contributed by atoms with E-state index in [0.717, 1.165) is 0 Å². The Morgan fingerprint density at radius 3 is 0.882 bits per heavy atom. The van der Waals surface area contributed by atoms with Crippen LogP contribution in [0.25, 0.3) is 0 Å². The molecular formula is C20H12F12N2. The van der Waals surface area contributed by atoms with Crippen molar-refractivity contribution in [2.75, 3.05) is 13.1 Å². The average molecular weight is 508 g/mol. The number of halogens is 12. The fourth-order valence-electron chi connectivity index (χ4n) is 2.56. The molecule has 0 radical (unpaired) electrons. The molecule has 0 heterocycles. The highest BCUT2D eigenvalue weighted by molar-refractivity contribution is 5.81. The van der Waals surface area contributed by atoms with Gasteiger partial charge in [-0.05, 0) is 47.5 Å². The third kappa shape index (κ3) is 7.76. The summed E-state index contributed by atoms with van der Waals surface area (Å²) in [6, 6.07) is 1.61. The summed E-state index contributed by atoms with van der Waals surface area (Å²) in [6.45, 7) is -0.641. The van der Waals surface area contributed by atoms with E-state index in [2.05, 4.69) is 9.98 Å². The van der Waals surface area contributed by atoms with Crippen LogP contribution in [-0.4, -0.2) is 25.5 Å². The average Bonchev–Trinajstić information content (AvgIpc) is 2.67. The highest BCUT2D eigenvalue weighted by atomic mass is 19.4. The van der Waals surface area contributed by atoms with Crippen LogP contribution in [0, 0.1) is 0 Å². The number of aliphatic imine (C=N–C) groups is 2. The fourth-order valence-corrected chi connectivity index (χ4v) is 2.56. The quantitative estimate of drug-likeness (QED) is 0.230. The molecule has 0 aliphatic heterocycles. The zero-order chi connectivity index (χ0) is 25.9. The first kappa shape index (κ1) is 27.2. The molecule has 2 aromatic carbocycles. The molecule has 0 saturated heterocycles.